The Morgan fingerprint density at radius 1 is 1.08 bits per heavy atom. The molecule has 0 spiro atoms. The number of guanidine groups is 1. The molecule has 2 aliphatic rings. The Morgan fingerprint density at radius 3 is 2.52 bits per heavy atom. The molecule has 2 fully saturated rings. The van der Waals surface area contributed by atoms with E-state index < -0.39 is 0 Å². The minimum atomic E-state index is 0.405. The number of nitrogens with zero attached hydrogens (tertiary/aromatic N) is 2. The average Bonchev–Trinajstić information content (AvgIpc) is 3.30. The first-order valence-corrected chi connectivity index (χ1v) is 10.5. The Kier molecular flexibility index (Phi) is 9.63. The number of nitrogens with one attached hydrogen (secondary N) is 2. The summed E-state index contributed by atoms with van der Waals surface area (Å²) in [6.45, 7) is 9.70. The van der Waals surface area contributed by atoms with Crippen LogP contribution < -0.4 is 10.6 Å². The molecule has 0 aromatic carbocycles. The van der Waals surface area contributed by atoms with Crippen LogP contribution in [0.3, 0.4) is 0 Å². The van der Waals surface area contributed by atoms with E-state index in [2.05, 4.69) is 27.4 Å². The second kappa shape index (κ2) is 11.7. The lowest BCUT2D eigenvalue weighted by molar-refractivity contribution is 0.105. The Morgan fingerprint density at radius 2 is 1.84 bits per heavy atom. The molecule has 1 aliphatic carbocycles. The van der Waals surface area contributed by atoms with Crippen molar-refractivity contribution in [3.05, 3.63) is 0 Å². The molecule has 1 saturated carbocycles. The first kappa shape index (κ1) is 20.5. The molecule has 0 atom stereocenters. The maximum absolute atomic E-state index is 5.61. The SMILES string of the molecule is CCOCCC1(CNC(=NC)NCCCCN2CCCC2)CCCC1. The van der Waals surface area contributed by atoms with Crippen LogP contribution in [0, 0.1) is 5.41 Å². The van der Waals surface area contributed by atoms with Gasteiger partial charge in [-0.2, -0.15) is 0 Å². The van der Waals surface area contributed by atoms with Crippen LogP contribution in [0.4, 0.5) is 0 Å². The molecule has 1 heterocycles. The zero-order valence-electron chi connectivity index (χ0n) is 16.6. The Hall–Kier alpha value is -0.810. The second-order valence-corrected chi connectivity index (χ2v) is 7.76. The number of aliphatic imine (C=N–C) groups is 1. The molecule has 5 heteroatoms. The first-order chi connectivity index (χ1) is 12.3. The highest BCUT2D eigenvalue weighted by molar-refractivity contribution is 5.79. The topological polar surface area (TPSA) is 48.9 Å². The molecule has 2 rings (SSSR count). The smallest absolute Gasteiger partial charge is 0.190 e. The molecule has 1 saturated heterocycles. The van der Waals surface area contributed by atoms with Crippen molar-refractivity contribution in [3.8, 4) is 0 Å². The van der Waals surface area contributed by atoms with Crippen molar-refractivity contribution < 1.29 is 4.74 Å². The molecule has 2 N–H and O–H groups in total. The van der Waals surface area contributed by atoms with Crippen molar-refractivity contribution in [1.29, 1.82) is 0 Å². The quantitative estimate of drug-likeness (QED) is 0.341. The standard InChI is InChI=1S/C20H40N4O/c1-3-25-17-12-20(10-4-5-11-20)18-23-19(21-2)22-13-6-7-14-24-15-8-9-16-24/h3-18H2,1-2H3,(H2,21,22,23). The summed E-state index contributed by atoms with van der Waals surface area (Å²) in [5, 5.41) is 7.08. The Balaban J connectivity index is 1.61. The van der Waals surface area contributed by atoms with Crippen LogP contribution in [0.5, 0.6) is 0 Å². The van der Waals surface area contributed by atoms with E-state index in [1.165, 1.54) is 77.4 Å². The summed E-state index contributed by atoms with van der Waals surface area (Å²) in [4.78, 5) is 7.00. The molecule has 25 heavy (non-hydrogen) atoms. The van der Waals surface area contributed by atoms with E-state index >= 15 is 0 Å². The van der Waals surface area contributed by atoms with E-state index in [-0.39, 0.29) is 0 Å². The van der Waals surface area contributed by atoms with E-state index in [1.807, 2.05) is 7.05 Å². The summed E-state index contributed by atoms with van der Waals surface area (Å²) in [5.74, 6) is 0.962. The van der Waals surface area contributed by atoms with Gasteiger partial charge in [0.15, 0.2) is 5.96 Å². The molecule has 0 amide bonds. The van der Waals surface area contributed by atoms with Crippen LogP contribution >= 0.6 is 0 Å². The molecule has 0 unspecified atom stereocenters. The molecule has 0 bridgehead atoms. The zero-order chi connectivity index (χ0) is 17.8. The third-order valence-electron chi connectivity index (χ3n) is 5.89. The lowest BCUT2D eigenvalue weighted by Gasteiger charge is -2.30. The zero-order valence-corrected chi connectivity index (χ0v) is 16.6. The fourth-order valence-electron chi connectivity index (χ4n) is 4.24. The van der Waals surface area contributed by atoms with Crippen molar-refractivity contribution in [2.45, 2.75) is 64.7 Å². The number of rotatable bonds is 11. The highest BCUT2D eigenvalue weighted by Crippen LogP contribution is 2.40. The van der Waals surface area contributed by atoms with Gasteiger partial charge in [-0.3, -0.25) is 4.99 Å². The van der Waals surface area contributed by atoms with Crippen molar-refractivity contribution in [3.63, 3.8) is 0 Å². The lowest BCUT2D eigenvalue weighted by atomic mass is 9.83. The first-order valence-electron chi connectivity index (χ1n) is 10.5. The van der Waals surface area contributed by atoms with Gasteiger partial charge in [0.25, 0.3) is 0 Å². The van der Waals surface area contributed by atoms with Crippen LogP contribution in [0.2, 0.25) is 0 Å². The van der Waals surface area contributed by atoms with Gasteiger partial charge in [-0.15, -0.1) is 0 Å². The van der Waals surface area contributed by atoms with Crippen molar-refractivity contribution in [2.75, 3.05) is 53.0 Å². The number of likely N-dealkylation sites (tertiary alicyclic amines) is 1. The molecule has 146 valence electrons. The van der Waals surface area contributed by atoms with E-state index in [1.54, 1.807) is 0 Å². The van der Waals surface area contributed by atoms with Crippen LogP contribution in [0.25, 0.3) is 0 Å². The third-order valence-corrected chi connectivity index (χ3v) is 5.89. The average molecular weight is 353 g/mol. The van der Waals surface area contributed by atoms with Gasteiger partial charge in [0.2, 0.25) is 0 Å². The summed E-state index contributed by atoms with van der Waals surface area (Å²) >= 11 is 0. The van der Waals surface area contributed by atoms with Gasteiger partial charge < -0.3 is 20.3 Å². The molecular formula is C20H40N4O. The molecule has 0 aromatic heterocycles. The van der Waals surface area contributed by atoms with Gasteiger partial charge in [-0.1, -0.05) is 12.8 Å². The Labute approximate surface area is 155 Å². The van der Waals surface area contributed by atoms with Crippen LogP contribution in [0.15, 0.2) is 4.99 Å². The maximum atomic E-state index is 5.61. The predicted molar refractivity (Wildman–Crippen MR) is 106 cm³/mol. The van der Waals surface area contributed by atoms with E-state index in [4.69, 9.17) is 4.74 Å². The number of hydrogen-bond donors (Lipinski definition) is 2. The van der Waals surface area contributed by atoms with Crippen molar-refractivity contribution >= 4 is 5.96 Å². The fraction of sp³-hybridized carbons (Fsp3) is 0.950. The summed E-state index contributed by atoms with van der Waals surface area (Å²) in [5.41, 5.74) is 0.405. The van der Waals surface area contributed by atoms with Gasteiger partial charge in [-0.25, -0.2) is 0 Å². The minimum absolute atomic E-state index is 0.405. The Bertz CT molecular complexity index is 374. The largest absolute Gasteiger partial charge is 0.382 e. The number of ether oxygens (including phenoxy) is 1. The summed E-state index contributed by atoms with van der Waals surface area (Å²) < 4.78 is 5.61. The third kappa shape index (κ3) is 7.53. The van der Waals surface area contributed by atoms with E-state index in [0.29, 0.717) is 5.41 Å². The van der Waals surface area contributed by atoms with E-state index in [0.717, 1.165) is 32.3 Å². The summed E-state index contributed by atoms with van der Waals surface area (Å²) in [6.07, 6.45) is 11.8. The van der Waals surface area contributed by atoms with Crippen LogP contribution in [-0.4, -0.2) is 63.8 Å². The van der Waals surface area contributed by atoms with Crippen LogP contribution in [-0.2, 0) is 4.74 Å². The minimum Gasteiger partial charge on any atom is -0.382 e. The molecular weight excluding hydrogens is 312 g/mol. The summed E-state index contributed by atoms with van der Waals surface area (Å²) in [7, 11) is 1.88. The molecule has 0 aromatic rings. The molecule has 1 aliphatic heterocycles. The molecule has 5 nitrogen and oxygen atoms in total. The second-order valence-electron chi connectivity index (χ2n) is 7.76. The predicted octanol–water partition coefficient (Wildman–Crippen LogP) is 3.01. The number of hydrogen-bond acceptors (Lipinski definition) is 3. The van der Waals surface area contributed by atoms with Gasteiger partial charge >= 0.3 is 0 Å². The van der Waals surface area contributed by atoms with E-state index in [9.17, 15) is 0 Å². The highest BCUT2D eigenvalue weighted by Gasteiger charge is 2.33. The maximum Gasteiger partial charge on any atom is 0.190 e. The monoisotopic (exact) mass is 352 g/mol. The summed E-state index contributed by atoms with van der Waals surface area (Å²) in [6, 6.07) is 0. The number of unbranched alkanes of at least 4 members (excludes halogenated alkanes) is 1. The highest BCUT2D eigenvalue weighted by atomic mass is 16.5. The van der Waals surface area contributed by atoms with Crippen LogP contribution in [0.1, 0.15) is 64.7 Å². The van der Waals surface area contributed by atoms with Gasteiger partial charge in [0.1, 0.15) is 0 Å². The fourth-order valence-corrected chi connectivity index (χ4v) is 4.24. The normalized spacial score (nSPS) is 21.0. The van der Waals surface area contributed by atoms with Gasteiger partial charge in [0, 0.05) is 33.4 Å². The van der Waals surface area contributed by atoms with Gasteiger partial charge in [-0.05, 0) is 76.9 Å². The lowest BCUT2D eigenvalue weighted by Crippen LogP contribution is -2.43. The van der Waals surface area contributed by atoms with Gasteiger partial charge in [0.05, 0.1) is 0 Å². The van der Waals surface area contributed by atoms with Crippen molar-refractivity contribution in [1.82, 2.24) is 15.5 Å². The molecule has 0 radical (unpaired) electrons. The van der Waals surface area contributed by atoms with Crippen molar-refractivity contribution in [2.24, 2.45) is 10.4 Å².